The van der Waals surface area contributed by atoms with Gasteiger partial charge in [-0.05, 0) is 24.6 Å². The van der Waals surface area contributed by atoms with Gasteiger partial charge in [-0.3, -0.25) is 14.6 Å². The zero-order valence-electron chi connectivity index (χ0n) is 15.2. The van der Waals surface area contributed by atoms with Crippen LogP contribution in [0.4, 0.5) is 22.0 Å². The van der Waals surface area contributed by atoms with Crippen molar-refractivity contribution in [3.63, 3.8) is 0 Å². The maximum Gasteiger partial charge on any atom is 0.499 e. The van der Waals surface area contributed by atoms with E-state index in [2.05, 4.69) is 25.7 Å². The molecule has 2 atom stereocenters. The lowest BCUT2D eigenvalue weighted by atomic mass is 10.1. The van der Waals surface area contributed by atoms with Gasteiger partial charge in [0.05, 0.1) is 12.3 Å². The number of hydrogen-bond acceptors (Lipinski definition) is 5. The monoisotopic (exact) mass is 420 g/mol. The molecule has 12 heteroatoms. The molecule has 1 aromatic carbocycles. The number of nitrogens with zero attached hydrogens (tertiary/aromatic N) is 1. The number of halogens is 5. The molecule has 158 valence electrons. The summed E-state index contributed by atoms with van der Waals surface area (Å²) in [5.74, 6) is -2.00. The number of aliphatic imine (C=N–C) groups is 1. The molecule has 2 rings (SSSR count). The molecule has 0 radical (unpaired) electrons. The number of hydrogen-bond donors (Lipinski definition) is 3. The van der Waals surface area contributed by atoms with Crippen molar-refractivity contribution in [2.45, 2.75) is 37.8 Å². The Hall–Kier alpha value is -3.18. The van der Waals surface area contributed by atoms with Gasteiger partial charge in [0.15, 0.2) is 0 Å². The third-order valence-electron chi connectivity index (χ3n) is 3.75. The Kier molecular flexibility index (Phi) is 6.14. The number of carbonyl (C=O) groups is 2. The number of alkyl halides is 5. The number of rotatable bonds is 6. The van der Waals surface area contributed by atoms with Gasteiger partial charge in [-0.25, -0.2) is 0 Å². The van der Waals surface area contributed by atoms with Crippen molar-refractivity contribution in [1.29, 1.82) is 0 Å². The minimum absolute atomic E-state index is 0.190. The Balaban J connectivity index is 2.17. The van der Waals surface area contributed by atoms with E-state index < -0.39 is 41.6 Å². The van der Waals surface area contributed by atoms with E-state index >= 15 is 0 Å². The molecule has 0 bridgehead atoms. The van der Waals surface area contributed by atoms with Crippen molar-refractivity contribution >= 4 is 18.0 Å². The fourth-order valence-electron chi connectivity index (χ4n) is 2.38. The summed E-state index contributed by atoms with van der Waals surface area (Å²) < 4.78 is 66.9. The molecule has 2 amide bonds. The van der Waals surface area contributed by atoms with E-state index in [4.69, 9.17) is 0 Å². The lowest BCUT2D eigenvalue weighted by Gasteiger charge is -2.32. The van der Waals surface area contributed by atoms with Gasteiger partial charge in [0.25, 0.3) is 5.91 Å². The number of ether oxygens (including phenoxy) is 1. The highest BCUT2D eigenvalue weighted by Gasteiger charge is 2.61. The minimum atomic E-state index is -5.88. The molecule has 0 saturated heterocycles. The summed E-state index contributed by atoms with van der Waals surface area (Å²) in [5.41, 5.74) is -1.50. The van der Waals surface area contributed by atoms with E-state index in [1.54, 1.807) is 0 Å². The first kappa shape index (κ1) is 22.1. The summed E-state index contributed by atoms with van der Waals surface area (Å²) in [5, 5.41) is 7.58. The first-order chi connectivity index (χ1) is 13.4. The Morgan fingerprint density at radius 2 is 1.93 bits per heavy atom. The third kappa shape index (κ3) is 5.21. The molecule has 1 heterocycles. The largest absolute Gasteiger partial charge is 0.499 e. The Bertz CT molecular complexity index is 841. The SMILES string of the molecule is CC(=O)N[C@@]1(C(=O)NC(C)c2cccc(OC(F)(F)C(F)(F)F)c2)C=NC=CN1. The van der Waals surface area contributed by atoms with E-state index in [9.17, 15) is 31.5 Å². The summed E-state index contributed by atoms with van der Waals surface area (Å²) in [6.07, 6.45) is -7.43. The van der Waals surface area contributed by atoms with Crippen LogP contribution in [0, 0.1) is 0 Å². The molecule has 1 aromatic rings. The van der Waals surface area contributed by atoms with Crippen LogP contribution < -0.4 is 20.7 Å². The molecule has 1 aliphatic rings. The molecule has 0 aliphatic carbocycles. The van der Waals surface area contributed by atoms with Gasteiger partial charge in [-0.2, -0.15) is 22.0 Å². The van der Waals surface area contributed by atoms with E-state index in [1.807, 2.05) is 0 Å². The van der Waals surface area contributed by atoms with Crippen molar-refractivity contribution in [2.24, 2.45) is 4.99 Å². The maximum atomic E-state index is 13.1. The fraction of sp³-hybridized carbons (Fsp3) is 0.353. The van der Waals surface area contributed by atoms with Crippen LogP contribution in [0.25, 0.3) is 0 Å². The maximum absolute atomic E-state index is 13.1. The molecule has 1 unspecified atom stereocenters. The van der Waals surface area contributed by atoms with Crippen LogP contribution in [0.2, 0.25) is 0 Å². The molecule has 29 heavy (non-hydrogen) atoms. The van der Waals surface area contributed by atoms with Gasteiger partial charge >= 0.3 is 12.3 Å². The first-order valence-corrected chi connectivity index (χ1v) is 8.16. The minimum Gasteiger partial charge on any atom is -0.426 e. The first-order valence-electron chi connectivity index (χ1n) is 8.16. The Morgan fingerprint density at radius 3 is 2.48 bits per heavy atom. The molecule has 7 nitrogen and oxygen atoms in total. The van der Waals surface area contributed by atoms with E-state index in [0.29, 0.717) is 0 Å². The van der Waals surface area contributed by atoms with Gasteiger partial charge in [0.2, 0.25) is 11.6 Å². The highest BCUT2D eigenvalue weighted by atomic mass is 19.4. The smallest absolute Gasteiger partial charge is 0.426 e. The van der Waals surface area contributed by atoms with Crippen LogP contribution in [0.15, 0.2) is 41.7 Å². The van der Waals surface area contributed by atoms with Crippen molar-refractivity contribution in [1.82, 2.24) is 16.0 Å². The molecular formula is C17H17F5N4O3. The molecule has 0 fully saturated rings. The van der Waals surface area contributed by atoms with Crippen LogP contribution in [0.5, 0.6) is 5.75 Å². The number of carbonyl (C=O) groups excluding carboxylic acids is 2. The van der Waals surface area contributed by atoms with Gasteiger partial charge in [-0.15, -0.1) is 0 Å². The predicted octanol–water partition coefficient (Wildman–Crippen LogP) is 2.38. The zero-order chi connectivity index (χ0) is 21.9. The van der Waals surface area contributed by atoms with Gasteiger partial charge < -0.3 is 20.7 Å². The van der Waals surface area contributed by atoms with Gasteiger partial charge in [0, 0.05) is 19.3 Å². The van der Waals surface area contributed by atoms with E-state index in [-0.39, 0.29) is 5.56 Å². The van der Waals surface area contributed by atoms with Crippen LogP contribution >= 0.6 is 0 Å². The second-order valence-electron chi connectivity index (χ2n) is 6.11. The lowest BCUT2D eigenvalue weighted by molar-refractivity contribution is -0.360. The lowest BCUT2D eigenvalue weighted by Crippen LogP contribution is -2.67. The highest BCUT2D eigenvalue weighted by Crippen LogP contribution is 2.37. The predicted molar refractivity (Wildman–Crippen MR) is 91.9 cm³/mol. The molecule has 0 saturated carbocycles. The third-order valence-corrected chi connectivity index (χ3v) is 3.75. The summed E-state index contributed by atoms with van der Waals surface area (Å²) >= 11 is 0. The second-order valence-corrected chi connectivity index (χ2v) is 6.11. The zero-order valence-corrected chi connectivity index (χ0v) is 15.2. The normalized spacial score (nSPS) is 19.8. The number of amides is 2. The van der Waals surface area contributed by atoms with Crippen molar-refractivity contribution < 1.29 is 36.3 Å². The fourth-order valence-corrected chi connectivity index (χ4v) is 2.38. The second kappa shape index (κ2) is 8.05. The summed E-state index contributed by atoms with van der Waals surface area (Å²) in [7, 11) is 0. The summed E-state index contributed by atoms with van der Waals surface area (Å²) in [6, 6.07) is 3.63. The Morgan fingerprint density at radius 1 is 1.24 bits per heavy atom. The van der Waals surface area contributed by atoms with E-state index in [1.165, 1.54) is 38.4 Å². The standard InChI is InChI=1S/C17H17F5N4O3/c1-10(25-14(28)15(26-11(2)27)9-23-6-7-24-15)12-4-3-5-13(8-12)29-17(21,22)16(18,19)20/h3-10,24H,1-2H3,(H,25,28)(H,26,27)/t10?,15-/m1/s1. The average Bonchev–Trinajstić information content (AvgIpc) is 2.60. The van der Waals surface area contributed by atoms with Crippen LogP contribution in [0.3, 0.4) is 0 Å². The van der Waals surface area contributed by atoms with Gasteiger partial charge in [-0.1, -0.05) is 12.1 Å². The highest BCUT2D eigenvalue weighted by molar-refractivity contribution is 6.06. The summed E-state index contributed by atoms with van der Waals surface area (Å²) in [6.45, 7) is 2.66. The van der Waals surface area contributed by atoms with Crippen molar-refractivity contribution in [3.8, 4) is 5.75 Å². The van der Waals surface area contributed by atoms with E-state index in [0.717, 1.165) is 18.3 Å². The quantitative estimate of drug-likeness (QED) is 0.617. The van der Waals surface area contributed by atoms with Gasteiger partial charge in [0.1, 0.15) is 5.75 Å². The molecular weight excluding hydrogens is 403 g/mol. The number of nitrogens with one attached hydrogen (secondary N) is 3. The number of benzene rings is 1. The average molecular weight is 420 g/mol. The molecule has 0 spiro atoms. The Labute approximate surface area is 162 Å². The molecule has 0 aromatic heterocycles. The topological polar surface area (TPSA) is 91.8 Å². The van der Waals surface area contributed by atoms with Crippen LogP contribution in [-0.2, 0) is 9.59 Å². The van der Waals surface area contributed by atoms with Crippen LogP contribution in [-0.4, -0.2) is 36.0 Å². The van der Waals surface area contributed by atoms with Crippen LogP contribution in [0.1, 0.15) is 25.5 Å². The van der Waals surface area contributed by atoms with Crippen molar-refractivity contribution in [2.75, 3.05) is 0 Å². The summed E-state index contributed by atoms with van der Waals surface area (Å²) in [4.78, 5) is 27.9. The molecule has 1 aliphatic heterocycles. The van der Waals surface area contributed by atoms with Crippen molar-refractivity contribution in [3.05, 3.63) is 42.2 Å². The molecule has 3 N–H and O–H groups in total.